The fourth-order valence-electron chi connectivity index (χ4n) is 4.33. The third-order valence-corrected chi connectivity index (χ3v) is 5.94. The van der Waals surface area contributed by atoms with Gasteiger partial charge in [-0.1, -0.05) is 12.1 Å². The number of hydrogen-bond acceptors (Lipinski definition) is 4. The van der Waals surface area contributed by atoms with Crippen molar-refractivity contribution >= 4 is 11.6 Å². The zero-order valence-corrected chi connectivity index (χ0v) is 16.5. The molecule has 5 heteroatoms. The molecule has 5 nitrogen and oxygen atoms in total. The van der Waals surface area contributed by atoms with Gasteiger partial charge in [0, 0.05) is 49.8 Å². The summed E-state index contributed by atoms with van der Waals surface area (Å²) in [5, 5.41) is 3.48. The molecule has 1 unspecified atom stereocenters. The van der Waals surface area contributed by atoms with E-state index in [1.165, 1.54) is 24.1 Å². The van der Waals surface area contributed by atoms with E-state index in [1.807, 2.05) is 41.6 Å². The summed E-state index contributed by atoms with van der Waals surface area (Å²) in [7, 11) is 0. The predicted octanol–water partition coefficient (Wildman–Crippen LogP) is 2.98. The van der Waals surface area contributed by atoms with Crippen LogP contribution < -0.4 is 10.2 Å². The SMILES string of the molecule is O=C(c1ccc(CC2CCCNC2)cc1)N1CCCN(c2ccncc2)CC1. The molecule has 1 amide bonds. The molecule has 2 aliphatic heterocycles. The lowest BCUT2D eigenvalue weighted by Gasteiger charge is -2.24. The Morgan fingerprint density at radius 3 is 2.57 bits per heavy atom. The van der Waals surface area contributed by atoms with E-state index in [1.54, 1.807) is 0 Å². The Hall–Kier alpha value is -2.40. The molecular weight excluding hydrogens is 348 g/mol. The van der Waals surface area contributed by atoms with E-state index in [9.17, 15) is 4.79 Å². The standard InChI is InChI=1S/C23H30N4O/c28-23(21-6-4-19(5-7-21)17-20-3-1-10-25-18-20)27-14-2-13-26(15-16-27)22-8-11-24-12-9-22/h4-9,11-12,20,25H,1-3,10,13-18H2. The van der Waals surface area contributed by atoms with E-state index in [4.69, 9.17) is 0 Å². The molecule has 2 aliphatic rings. The fourth-order valence-corrected chi connectivity index (χ4v) is 4.33. The minimum atomic E-state index is 0.155. The third kappa shape index (κ3) is 4.71. The Bertz CT molecular complexity index is 756. The molecule has 0 aliphatic carbocycles. The van der Waals surface area contributed by atoms with Crippen molar-refractivity contribution in [1.29, 1.82) is 0 Å². The molecule has 2 saturated heterocycles. The molecule has 3 heterocycles. The van der Waals surface area contributed by atoms with Gasteiger partial charge in [0.25, 0.3) is 5.91 Å². The van der Waals surface area contributed by atoms with Crippen molar-refractivity contribution in [2.45, 2.75) is 25.7 Å². The van der Waals surface area contributed by atoms with Crippen molar-refractivity contribution in [3.63, 3.8) is 0 Å². The highest BCUT2D eigenvalue weighted by Crippen LogP contribution is 2.19. The molecule has 0 bridgehead atoms. The summed E-state index contributed by atoms with van der Waals surface area (Å²) in [6.45, 7) is 5.68. The summed E-state index contributed by atoms with van der Waals surface area (Å²) < 4.78 is 0. The number of aromatic nitrogens is 1. The van der Waals surface area contributed by atoms with E-state index < -0.39 is 0 Å². The van der Waals surface area contributed by atoms with Crippen molar-refractivity contribution in [3.8, 4) is 0 Å². The summed E-state index contributed by atoms with van der Waals surface area (Å²) in [5.41, 5.74) is 3.33. The van der Waals surface area contributed by atoms with Crippen molar-refractivity contribution in [1.82, 2.24) is 15.2 Å². The molecule has 1 atom stereocenters. The van der Waals surface area contributed by atoms with Gasteiger partial charge in [0.15, 0.2) is 0 Å². The summed E-state index contributed by atoms with van der Waals surface area (Å²) in [4.78, 5) is 21.4. The number of benzene rings is 1. The van der Waals surface area contributed by atoms with E-state index in [0.29, 0.717) is 0 Å². The van der Waals surface area contributed by atoms with Gasteiger partial charge in [-0.3, -0.25) is 9.78 Å². The van der Waals surface area contributed by atoms with Gasteiger partial charge in [-0.25, -0.2) is 0 Å². The van der Waals surface area contributed by atoms with Crippen LogP contribution in [0, 0.1) is 5.92 Å². The first-order valence-corrected chi connectivity index (χ1v) is 10.5. The van der Waals surface area contributed by atoms with Crippen LogP contribution in [0.2, 0.25) is 0 Å². The Kier molecular flexibility index (Phi) is 6.22. The van der Waals surface area contributed by atoms with Crippen molar-refractivity contribution in [3.05, 3.63) is 59.9 Å². The number of anilines is 1. The molecule has 0 spiro atoms. The summed E-state index contributed by atoms with van der Waals surface area (Å²) >= 11 is 0. The second-order valence-electron chi connectivity index (χ2n) is 7.95. The highest BCUT2D eigenvalue weighted by molar-refractivity contribution is 5.94. The maximum absolute atomic E-state index is 13.0. The van der Waals surface area contributed by atoms with Crippen molar-refractivity contribution in [2.24, 2.45) is 5.92 Å². The van der Waals surface area contributed by atoms with Crippen molar-refractivity contribution in [2.75, 3.05) is 44.2 Å². The van der Waals surface area contributed by atoms with Crippen LogP contribution in [0.5, 0.6) is 0 Å². The second-order valence-corrected chi connectivity index (χ2v) is 7.95. The fraction of sp³-hybridized carbons (Fsp3) is 0.478. The third-order valence-electron chi connectivity index (χ3n) is 5.94. The molecule has 0 radical (unpaired) electrons. The molecule has 0 saturated carbocycles. The van der Waals surface area contributed by atoms with Crippen LogP contribution in [0.3, 0.4) is 0 Å². The quantitative estimate of drug-likeness (QED) is 0.889. The summed E-state index contributed by atoms with van der Waals surface area (Å²) in [5.74, 6) is 0.877. The van der Waals surface area contributed by atoms with Gasteiger partial charge >= 0.3 is 0 Å². The van der Waals surface area contributed by atoms with Crippen molar-refractivity contribution < 1.29 is 4.79 Å². The molecule has 2 fully saturated rings. The van der Waals surface area contributed by atoms with Crippen LogP contribution in [0.4, 0.5) is 5.69 Å². The number of amides is 1. The molecule has 1 N–H and O–H groups in total. The molecule has 28 heavy (non-hydrogen) atoms. The van der Waals surface area contributed by atoms with Crippen LogP contribution in [0.15, 0.2) is 48.8 Å². The Morgan fingerprint density at radius 1 is 1.00 bits per heavy atom. The smallest absolute Gasteiger partial charge is 0.253 e. The summed E-state index contributed by atoms with van der Waals surface area (Å²) in [6, 6.07) is 12.4. The highest BCUT2D eigenvalue weighted by Gasteiger charge is 2.21. The maximum atomic E-state index is 13.0. The van der Waals surface area contributed by atoms with Gasteiger partial charge < -0.3 is 15.1 Å². The van der Waals surface area contributed by atoms with Gasteiger partial charge in [-0.15, -0.1) is 0 Å². The number of rotatable bonds is 4. The number of nitrogens with zero attached hydrogens (tertiary/aromatic N) is 3. The number of carbonyl (C=O) groups is 1. The number of nitrogens with one attached hydrogen (secondary N) is 1. The minimum Gasteiger partial charge on any atom is -0.370 e. The topological polar surface area (TPSA) is 48.5 Å². The second kappa shape index (κ2) is 9.20. The zero-order valence-electron chi connectivity index (χ0n) is 16.5. The van der Waals surface area contributed by atoms with E-state index in [2.05, 4.69) is 27.3 Å². The number of pyridine rings is 1. The largest absolute Gasteiger partial charge is 0.370 e. The van der Waals surface area contributed by atoms with E-state index in [0.717, 1.165) is 63.6 Å². The van der Waals surface area contributed by atoms with Gasteiger partial charge in [-0.05, 0) is 74.5 Å². The highest BCUT2D eigenvalue weighted by atomic mass is 16.2. The number of hydrogen-bond donors (Lipinski definition) is 1. The normalized spacial score (nSPS) is 20.6. The van der Waals surface area contributed by atoms with Crippen LogP contribution in [-0.4, -0.2) is 55.1 Å². The Balaban J connectivity index is 1.34. The predicted molar refractivity (Wildman–Crippen MR) is 113 cm³/mol. The van der Waals surface area contributed by atoms with Crippen LogP contribution in [0.25, 0.3) is 0 Å². The Morgan fingerprint density at radius 2 is 1.82 bits per heavy atom. The monoisotopic (exact) mass is 378 g/mol. The molecule has 1 aromatic carbocycles. The number of carbonyl (C=O) groups excluding carboxylic acids is 1. The molecule has 1 aromatic heterocycles. The van der Waals surface area contributed by atoms with Crippen LogP contribution in [-0.2, 0) is 6.42 Å². The summed E-state index contributed by atoms with van der Waals surface area (Å²) in [6.07, 6.45) is 8.32. The first-order chi connectivity index (χ1) is 13.8. The van der Waals surface area contributed by atoms with Gasteiger partial charge in [0.05, 0.1) is 0 Å². The van der Waals surface area contributed by atoms with Crippen LogP contribution >= 0.6 is 0 Å². The first kappa shape index (κ1) is 18.9. The molecule has 2 aromatic rings. The zero-order chi connectivity index (χ0) is 19.2. The lowest BCUT2D eigenvalue weighted by atomic mass is 9.92. The lowest BCUT2D eigenvalue weighted by Crippen LogP contribution is -2.35. The average Bonchev–Trinajstić information content (AvgIpc) is 3.02. The average molecular weight is 379 g/mol. The van der Waals surface area contributed by atoms with Gasteiger partial charge in [0.1, 0.15) is 0 Å². The maximum Gasteiger partial charge on any atom is 0.253 e. The van der Waals surface area contributed by atoms with E-state index in [-0.39, 0.29) is 5.91 Å². The molecular formula is C23H30N4O. The Labute approximate surface area is 167 Å². The van der Waals surface area contributed by atoms with E-state index >= 15 is 0 Å². The number of piperidine rings is 1. The minimum absolute atomic E-state index is 0.155. The van der Waals surface area contributed by atoms with Gasteiger partial charge in [-0.2, -0.15) is 0 Å². The lowest BCUT2D eigenvalue weighted by molar-refractivity contribution is 0.0767. The van der Waals surface area contributed by atoms with Crippen LogP contribution in [0.1, 0.15) is 35.2 Å². The molecule has 148 valence electrons. The molecule has 4 rings (SSSR count). The first-order valence-electron chi connectivity index (χ1n) is 10.5. The van der Waals surface area contributed by atoms with Gasteiger partial charge in [0.2, 0.25) is 0 Å².